The first-order valence-electron chi connectivity index (χ1n) is 10.8. The Morgan fingerprint density at radius 1 is 1.15 bits per heavy atom. The number of methoxy groups -OCH3 is 1. The fourth-order valence-corrected chi connectivity index (χ4v) is 4.79. The molecule has 0 aliphatic carbocycles. The van der Waals surface area contributed by atoms with E-state index in [0.29, 0.717) is 29.0 Å². The normalized spacial score (nSPS) is 13.6. The molecule has 2 heterocycles. The molecule has 10 heteroatoms. The van der Waals surface area contributed by atoms with Crippen molar-refractivity contribution in [3.05, 3.63) is 53.9 Å². The fourth-order valence-electron chi connectivity index (χ4n) is 4.14. The highest BCUT2D eigenvalue weighted by Gasteiger charge is 2.25. The van der Waals surface area contributed by atoms with Crippen molar-refractivity contribution in [3.8, 4) is 11.1 Å². The Morgan fingerprint density at radius 3 is 2.50 bits per heavy atom. The van der Waals surface area contributed by atoms with Crippen LogP contribution < -0.4 is 10.9 Å². The zero-order valence-corrected chi connectivity index (χ0v) is 20.4. The van der Waals surface area contributed by atoms with E-state index >= 15 is 0 Å². The van der Waals surface area contributed by atoms with Gasteiger partial charge in [-0.1, -0.05) is 36.4 Å². The number of primary sulfonamides is 1. The second kappa shape index (κ2) is 8.62. The van der Waals surface area contributed by atoms with Gasteiger partial charge in [0.15, 0.2) is 5.82 Å². The highest BCUT2D eigenvalue weighted by molar-refractivity contribution is 7.88. The summed E-state index contributed by atoms with van der Waals surface area (Å²) in [4.78, 5) is 9.30. The van der Waals surface area contributed by atoms with E-state index in [1.54, 1.807) is 39.2 Å². The van der Waals surface area contributed by atoms with Gasteiger partial charge >= 0.3 is 0 Å². The summed E-state index contributed by atoms with van der Waals surface area (Å²) in [6.45, 7) is 5.65. The first-order valence-corrected chi connectivity index (χ1v) is 12.5. The first-order chi connectivity index (χ1) is 15.9. The zero-order valence-electron chi connectivity index (χ0n) is 19.6. The molecule has 9 nitrogen and oxygen atoms in total. The van der Waals surface area contributed by atoms with Crippen LogP contribution in [0.5, 0.6) is 0 Å². The van der Waals surface area contributed by atoms with Gasteiger partial charge in [-0.15, -0.1) is 0 Å². The smallest absolute Gasteiger partial charge is 0.213 e. The number of nitrogens with two attached hydrogens (primary N) is 2. The largest absolute Gasteiger partial charge is 0.389 e. The topological polar surface area (TPSA) is 146 Å². The Balaban J connectivity index is 1.92. The highest BCUT2D eigenvalue weighted by Crippen LogP contribution is 2.34. The van der Waals surface area contributed by atoms with Gasteiger partial charge in [0.05, 0.1) is 28.9 Å². The Hall–Kier alpha value is -3.05. The molecule has 4 aromatic rings. The summed E-state index contributed by atoms with van der Waals surface area (Å²) in [5.74, 6) is 0.693. The molecule has 1 atom stereocenters. The fraction of sp³-hybridized carbons (Fsp3) is 0.333. The third-order valence-electron chi connectivity index (χ3n) is 5.62. The lowest BCUT2D eigenvalue weighted by Gasteiger charge is -2.22. The number of nitrogen functional groups attached to an aromatic ring is 1. The van der Waals surface area contributed by atoms with Gasteiger partial charge < -0.3 is 20.1 Å². The molecule has 0 radical (unpaired) electrons. The molecule has 2 aromatic carbocycles. The number of sulfonamides is 1. The van der Waals surface area contributed by atoms with Crippen molar-refractivity contribution in [2.75, 3.05) is 12.8 Å². The molecule has 0 bridgehead atoms. The van der Waals surface area contributed by atoms with Crippen molar-refractivity contribution < 1.29 is 18.3 Å². The minimum atomic E-state index is -3.64. The Morgan fingerprint density at radius 2 is 1.85 bits per heavy atom. The van der Waals surface area contributed by atoms with Gasteiger partial charge in [0.1, 0.15) is 17.4 Å². The number of anilines is 1. The van der Waals surface area contributed by atoms with Gasteiger partial charge in [-0.3, -0.25) is 0 Å². The van der Waals surface area contributed by atoms with Gasteiger partial charge in [-0.2, -0.15) is 0 Å². The average Bonchev–Trinajstić information content (AvgIpc) is 3.10. The summed E-state index contributed by atoms with van der Waals surface area (Å²) in [5, 5.41) is 16.6. The van der Waals surface area contributed by atoms with Crippen molar-refractivity contribution in [2.45, 2.75) is 44.8 Å². The number of hydrogen-bond acceptors (Lipinski definition) is 7. The van der Waals surface area contributed by atoms with E-state index in [1.165, 1.54) is 0 Å². The van der Waals surface area contributed by atoms with E-state index in [9.17, 15) is 13.5 Å². The molecule has 0 amide bonds. The van der Waals surface area contributed by atoms with E-state index in [1.807, 2.05) is 35.8 Å². The monoisotopic (exact) mass is 483 g/mol. The summed E-state index contributed by atoms with van der Waals surface area (Å²) in [6, 6.07) is 13.0. The average molecular weight is 484 g/mol. The van der Waals surface area contributed by atoms with Crippen LogP contribution in [0.1, 0.15) is 38.3 Å². The summed E-state index contributed by atoms with van der Waals surface area (Å²) in [7, 11) is -2.03. The van der Waals surface area contributed by atoms with E-state index in [0.717, 1.165) is 22.0 Å². The third-order valence-corrected chi connectivity index (χ3v) is 6.36. The quantitative estimate of drug-likeness (QED) is 0.366. The van der Waals surface area contributed by atoms with Gasteiger partial charge in [0.25, 0.3) is 0 Å². The number of rotatable bonds is 7. The predicted molar refractivity (Wildman–Crippen MR) is 133 cm³/mol. The number of fused-ring (bicyclic) bond motifs is 3. The van der Waals surface area contributed by atoms with E-state index in [-0.39, 0.29) is 17.7 Å². The summed E-state index contributed by atoms with van der Waals surface area (Å²) < 4.78 is 30.5. The van der Waals surface area contributed by atoms with Crippen molar-refractivity contribution in [2.24, 2.45) is 5.14 Å². The van der Waals surface area contributed by atoms with Crippen LogP contribution in [-0.2, 0) is 27.1 Å². The maximum Gasteiger partial charge on any atom is 0.213 e. The van der Waals surface area contributed by atoms with Gasteiger partial charge in [0.2, 0.25) is 10.0 Å². The molecular formula is C24H29N5O4S. The maximum atomic E-state index is 11.5. The molecule has 2 aromatic heterocycles. The SMILES string of the molecule is COC(C)c1nc2c(N)nc3cc(-c4cccc(CS(N)(=O)=O)c4)ccc3c2n1CC(C)(C)O. The highest BCUT2D eigenvalue weighted by atomic mass is 32.2. The number of hydrogen-bond donors (Lipinski definition) is 3. The van der Waals surface area contributed by atoms with Crippen molar-refractivity contribution in [1.29, 1.82) is 0 Å². The lowest BCUT2D eigenvalue weighted by Crippen LogP contribution is -2.27. The molecule has 0 saturated heterocycles. The molecule has 180 valence electrons. The molecule has 4 rings (SSSR count). The lowest BCUT2D eigenvalue weighted by molar-refractivity contribution is 0.0556. The molecule has 0 saturated carbocycles. The van der Waals surface area contributed by atoms with Crippen LogP contribution >= 0.6 is 0 Å². The van der Waals surface area contributed by atoms with E-state index < -0.39 is 15.6 Å². The number of nitrogens with zero attached hydrogens (tertiary/aromatic N) is 3. The lowest BCUT2D eigenvalue weighted by atomic mass is 10.0. The summed E-state index contributed by atoms with van der Waals surface area (Å²) >= 11 is 0. The number of ether oxygens (including phenoxy) is 1. The first kappa shape index (κ1) is 24.1. The molecule has 0 fully saturated rings. The van der Waals surface area contributed by atoms with Gasteiger partial charge in [-0.25, -0.2) is 23.5 Å². The van der Waals surface area contributed by atoms with Crippen LogP contribution in [0.3, 0.4) is 0 Å². The molecular weight excluding hydrogens is 454 g/mol. The molecule has 1 unspecified atom stereocenters. The maximum absolute atomic E-state index is 11.5. The second-order valence-electron chi connectivity index (χ2n) is 9.18. The van der Waals surface area contributed by atoms with Crippen molar-refractivity contribution in [1.82, 2.24) is 14.5 Å². The molecule has 5 N–H and O–H groups in total. The van der Waals surface area contributed by atoms with E-state index in [2.05, 4.69) is 4.98 Å². The number of aliphatic hydroxyl groups is 1. The Labute approximate surface area is 198 Å². The number of imidazole rings is 1. The van der Waals surface area contributed by atoms with Crippen LogP contribution in [0.4, 0.5) is 5.82 Å². The molecule has 0 spiro atoms. The molecule has 0 aliphatic heterocycles. The Bertz CT molecular complexity index is 1490. The summed E-state index contributed by atoms with van der Waals surface area (Å²) in [6.07, 6.45) is -0.315. The summed E-state index contributed by atoms with van der Waals surface area (Å²) in [5.41, 5.74) is 9.61. The van der Waals surface area contributed by atoms with Crippen LogP contribution in [0, 0.1) is 0 Å². The van der Waals surface area contributed by atoms with Crippen LogP contribution in [0.2, 0.25) is 0 Å². The second-order valence-corrected chi connectivity index (χ2v) is 10.8. The molecule has 34 heavy (non-hydrogen) atoms. The number of benzene rings is 2. The van der Waals surface area contributed by atoms with Gasteiger partial charge in [0, 0.05) is 12.5 Å². The number of pyridine rings is 1. The van der Waals surface area contributed by atoms with E-state index in [4.69, 9.17) is 20.6 Å². The predicted octanol–water partition coefficient (Wildman–Crippen LogP) is 3.10. The van der Waals surface area contributed by atoms with Crippen LogP contribution in [0.15, 0.2) is 42.5 Å². The Kier molecular flexibility index (Phi) is 6.11. The van der Waals surface area contributed by atoms with Crippen LogP contribution in [-0.4, -0.2) is 40.8 Å². The van der Waals surface area contributed by atoms with Crippen molar-refractivity contribution >= 4 is 37.8 Å². The minimum absolute atomic E-state index is 0.239. The number of aromatic nitrogens is 3. The standard InChI is InChI=1S/C24H29N5O4S/c1-14(33-4)23-28-20-21(29(23)13-24(2,3)30)18-9-8-17(11-19(18)27-22(20)25)16-7-5-6-15(10-16)12-34(26,31)32/h5-11,14,30H,12-13H2,1-4H3,(H2,25,27)(H2,26,31,32). The third kappa shape index (κ3) is 4.90. The molecule has 0 aliphatic rings. The minimum Gasteiger partial charge on any atom is -0.389 e. The van der Waals surface area contributed by atoms with Crippen molar-refractivity contribution in [3.63, 3.8) is 0 Å². The van der Waals surface area contributed by atoms with Gasteiger partial charge in [-0.05, 0) is 43.5 Å². The van der Waals surface area contributed by atoms with Crippen LogP contribution in [0.25, 0.3) is 33.1 Å². The zero-order chi connectivity index (χ0) is 24.8.